The van der Waals surface area contributed by atoms with Crippen LogP contribution in [0.25, 0.3) is 0 Å². The molecule has 1 fully saturated rings. The normalized spacial score (nSPS) is 14.3. The van der Waals surface area contributed by atoms with Crippen LogP contribution in [0.4, 0.5) is 39.8 Å². The molecule has 53 heteroatoms. The monoisotopic (exact) mass is 1790 g/mol. The second-order valence-electron chi connectivity index (χ2n) is 25.8. The minimum atomic E-state index is -3.22. The van der Waals surface area contributed by atoms with E-state index in [4.69, 9.17) is 52.1 Å². The molecule has 0 saturated carbocycles. The molecule has 1 aliphatic heterocycles. The number of benzene rings is 10. The van der Waals surface area contributed by atoms with Crippen LogP contribution < -0.4 is 23.7 Å². The Morgan fingerprint density at radius 2 is 0.465 bits per heavy atom. The van der Waals surface area contributed by atoms with Crippen LogP contribution in [-0.4, -0.2) is 189 Å². The lowest BCUT2D eigenvalue weighted by atomic mass is 9.97. The van der Waals surface area contributed by atoms with Crippen LogP contribution in [0.2, 0.25) is 0 Å². The van der Waals surface area contributed by atoms with Crippen LogP contribution in [0.1, 0.15) is 104 Å². The highest BCUT2D eigenvalue weighted by atomic mass is 16.8. The van der Waals surface area contributed by atoms with E-state index in [0.717, 1.165) is 0 Å². The molecule has 0 bridgehead atoms. The number of nitrogens with zero attached hydrogens (tertiary/aromatic N) is 7. The number of carbonyl (C=O) groups excluding carboxylic acids is 10. The van der Waals surface area contributed by atoms with Crippen molar-refractivity contribution < 1.29 is 192 Å². The molecule has 11 rings (SSSR count). The summed E-state index contributed by atoms with van der Waals surface area (Å²) in [6, 6.07) is 7.80. The smallest absolute Gasteiger partial charge is 0.343 e. The quantitative estimate of drug-likeness (QED) is 0.00713. The summed E-state index contributed by atoms with van der Waals surface area (Å²) in [4.78, 5) is 227. The maximum atomic E-state index is 15.4. The van der Waals surface area contributed by atoms with E-state index in [1.807, 2.05) is 0 Å². The molecule has 18 N–H and O–H groups in total. The average Bonchev–Trinajstić information content (AvgIpc) is 0.760. The molecule has 1 heterocycles. The van der Waals surface area contributed by atoms with Crippen LogP contribution in [0.15, 0.2) is 158 Å². The van der Waals surface area contributed by atoms with Crippen molar-refractivity contribution in [3.63, 3.8) is 0 Å². The number of rotatable bonds is 28. The topological polar surface area (TPSA) is 842 Å². The Morgan fingerprint density at radius 3 is 0.775 bits per heavy atom. The molecule has 53 nitrogen and oxygen atoms in total. The summed E-state index contributed by atoms with van der Waals surface area (Å²) < 4.78 is 60.6. The predicted octanol–water partition coefficient (Wildman–Crippen LogP) is 9.68. The number of aromatic hydroxyl groups is 18. The Bertz CT molecular complexity index is 6410. The van der Waals surface area contributed by atoms with Crippen LogP contribution >= 0.6 is 0 Å². The molecule has 129 heavy (non-hydrogen) atoms. The van der Waals surface area contributed by atoms with Crippen molar-refractivity contribution in [2.45, 2.75) is 30.7 Å². The highest BCUT2D eigenvalue weighted by Gasteiger charge is 2.55. The number of phenols is 18. The zero-order valence-electron chi connectivity index (χ0n) is 62.8. The zero-order valence-corrected chi connectivity index (χ0v) is 62.8. The number of esters is 10. The van der Waals surface area contributed by atoms with Crippen molar-refractivity contribution in [2.24, 2.45) is 36.2 Å². The van der Waals surface area contributed by atoms with Gasteiger partial charge in [-0.3, -0.25) is 0 Å². The number of nitroso groups, excluding NO2 is 7. The van der Waals surface area contributed by atoms with Gasteiger partial charge in [0, 0.05) is 0 Å². The first-order valence-corrected chi connectivity index (χ1v) is 34.5. The summed E-state index contributed by atoms with van der Waals surface area (Å²) in [7, 11) is 0. The molecule has 660 valence electrons. The van der Waals surface area contributed by atoms with Gasteiger partial charge in [-0.2, -0.15) is 0 Å². The third kappa shape index (κ3) is 18.8. The molecule has 10 aromatic rings. The van der Waals surface area contributed by atoms with Gasteiger partial charge in [0.2, 0.25) is 35.4 Å². The Morgan fingerprint density at radius 1 is 0.233 bits per heavy atom. The van der Waals surface area contributed by atoms with Gasteiger partial charge < -0.3 is 144 Å². The van der Waals surface area contributed by atoms with Crippen molar-refractivity contribution in [3.8, 4) is 132 Å². The van der Waals surface area contributed by atoms with E-state index in [0.29, 0.717) is 91.0 Å². The van der Waals surface area contributed by atoms with Gasteiger partial charge in [-0.25, -0.2) is 47.9 Å². The molecule has 0 aromatic heterocycles. The highest BCUT2D eigenvalue weighted by Crippen LogP contribution is 2.49. The number of hydrogen-bond acceptors (Lipinski definition) is 53. The summed E-state index contributed by atoms with van der Waals surface area (Å²) in [6.07, 6.45) is -15.5. The Kier molecular flexibility index (Phi) is 25.7. The summed E-state index contributed by atoms with van der Waals surface area (Å²) in [5, 5.41) is 208. The van der Waals surface area contributed by atoms with E-state index in [2.05, 4.69) is 36.2 Å². The van der Waals surface area contributed by atoms with E-state index >= 15 is 19.2 Å². The van der Waals surface area contributed by atoms with Crippen molar-refractivity contribution in [1.29, 1.82) is 0 Å². The average molecular weight is 1790 g/mol. The molecule has 10 aromatic carbocycles. The van der Waals surface area contributed by atoms with Gasteiger partial charge in [0.05, 0.1) is 55.6 Å². The molecule has 0 radical (unpaired) electrons. The molecule has 5 unspecified atom stereocenters. The fraction of sp³-hybridized carbons (Fsp3) is 0.0789. The van der Waals surface area contributed by atoms with Crippen molar-refractivity contribution in [2.75, 3.05) is 6.61 Å². The third-order valence-electron chi connectivity index (χ3n) is 17.6. The van der Waals surface area contributed by atoms with E-state index in [1.54, 1.807) is 0 Å². The lowest BCUT2D eigenvalue weighted by molar-refractivity contribution is -0.282. The first-order chi connectivity index (χ1) is 61.1. The van der Waals surface area contributed by atoms with Crippen LogP contribution in [-0.2, 0) is 28.4 Å². The van der Waals surface area contributed by atoms with Gasteiger partial charge >= 0.3 is 59.7 Å². The summed E-state index contributed by atoms with van der Waals surface area (Å²) >= 11 is 0. The minimum absolute atomic E-state index is 0.250. The largest absolute Gasteiger partial charge is 0.505 e. The van der Waals surface area contributed by atoms with Gasteiger partial charge in [-0.1, -0.05) is 0 Å². The Balaban J connectivity index is 1.11. The molecule has 0 amide bonds. The molecule has 0 spiro atoms. The van der Waals surface area contributed by atoms with Gasteiger partial charge in [0.1, 0.15) is 52.8 Å². The Labute approximate surface area is 706 Å². The fourth-order valence-electron chi connectivity index (χ4n) is 11.4. The molecular formula is C76H45N7O46. The first kappa shape index (κ1) is 90.2. The summed E-state index contributed by atoms with van der Waals surface area (Å²) in [5.41, 5.74) is -18.4. The first-order valence-electron chi connectivity index (χ1n) is 34.5. The maximum Gasteiger partial charge on any atom is 0.343 e. The van der Waals surface area contributed by atoms with Gasteiger partial charge in [0.15, 0.2) is 121 Å². The van der Waals surface area contributed by atoms with E-state index in [9.17, 15) is 155 Å². The predicted molar refractivity (Wildman–Crippen MR) is 409 cm³/mol. The second kappa shape index (κ2) is 36.8. The lowest BCUT2D eigenvalue weighted by Gasteiger charge is -2.43. The van der Waals surface area contributed by atoms with Crippen molar-refractivity contribution >= 4 is 99.5 Å². The van der Waals surface area contributed by atoms with Gasteiger partial charge in [-0.05, 0) is 158 Å². The zero-order chi connectivity index (χ0) is 94.3. The standard InChI is InChI=1S/C76H45N7O46/c84-35-4-24(5-36(85)55(35)82-117)68(104)121-48-17-28(12-43(92)59(48)98)66(102)119-21-52-63(126-73(109)29-13-44(93)60(99)49(18-29)123-70(106)26-8-39(88)57(96)40(89)9-26)64(127-74(110)30-14-45(94)61(100)50(19-30)122-69(105)25-6-37(86)56(83-118)38(87)7-25)65(76(125-52)129-75(111)31-15-46(95)62(101)51(20-31)124-71(107)27-10-41(90)58(97)42(91)11-27)128-72(108)23-3-34(79-114)54(81-116)47(16-23)120-67(103)22-1-32(77-112)53(80-115)33(2-22)78-113/h1-20,52,63-65,76,84-101H,21H2. The number of hydrogen-bond donors (Lipinski definition) is 18. The van der Waals surface area contributed by atoms with Crippen molar-refractivity contribution in [3.05, 3.63) is 211 Å². The van der Waals surface area contributed by atoms with Crippen LogP contribution in [0.5, 0.6) is 132 Å². The Hall–Kier alpha value is -19.5. The number of carbonyl (C=O) groups is 10. The lowest BCUT2D eigenvalue weighted by Crippen LogP contribution is -2.63. The van der Waals surface area contributed by atoms with Crippen LogP contribution in [0, 0.1) is 34.3 Å². The fourth-order valence-corrected chi connectivity index (χ4v) is 11.4. The third-order valence-corrected chi connectivity index (χ3v) is 17.6. The molecule has 5 atom stereocenters. The van der Waals surface area contributed by atoms with Gasteiger partial charge in [0.25, 0.3) is 0 Å². The summed E-state index contributed by atoms with van der Waals surface area (Å²) in [5.74, 6) is -48.8. The summed E-state index contributed by atoms with van der Waals surface area (Å²) in [6.45, 7) is -1.77. The molecule has 0 aliphatic carbocycles. The number of phenolic OH excluding ortho intramolecular Hbond substituents is 18. The van der Waals surface area contributed by atoms with Crippen molar-refractivity contribution in [1.82, 2.24) is 0 Å². The molecule has 1 saturated heterocycles. The number of ether oxygens (including phenoxy) is 11. The SMILES string of the molecule is O=Nc1cc(C(=O)Oc2cc(C(=O)OC3C(OC(=O)c4cc(O)c(O)c(OC(=O)c5cc(O)c(O)c(O)c5)c4)OC(COC(=O)c4cc(O)c(O)c(OC(=O)c5cc(O)c(N=O)c(O)c5)c4)C(OC(=O)c4cc(O)c(O)c(OC(=O)c5cc(O)c(O)c(O)c5)c4)C3OC(=O)c3cc(O)c(O)c(OC(=O)c4cc(O)c(N=O)c(O)c4)c3)cc(N=O)c2N=O)cc(N=O)c1N=O. The van der Waals surface area contributed by atoms with Gasteiger partial charge in [-0.15, -0.1) is 34.3 Å². The van der Waals surface area contributed by atoms with E-state index in [1.165, 1.54) is 0 Å². The van der Waals surface area contributed by atoms with E-state index < -0.39 is 325 Å². The molecular weight excluding hydrogens is 1750 g/mol. The molecule has 1 aliphatic rings. The minimum Gasteiger partial charge on any atom is -0.505 e. The highest BCUT2D eigenvalue weighted by molar-refractivity contribution is 6.02. The van der Waals surface area contributed by atoms with Crippen LogP contribution in [0.3, 0.4) is 0 Å². The maximum absolute atomic E-state index is 15.4. The second-order valence-corrected chi connectivity index (χ2v) is 25.8. The van der Waals surface area contributed by atoms with E-state index in [-0.39, 0.29) is 30.3 Å².